The summed E-state index contributed by atoms with van der Waals surface area (Å²) in [5.74, 6) is 0.658. The number of nitrogens with one attached hydrogen (secondary N) is 1. The molecule has 0 aliphatic rings. The van der Waals surface area contributed by atoms with Crippen LogP contribution in [-0.4, -0.2) is 47.2 Å². The van der Waals surface area contributed by atoms with E-state index in [2.05, 4.69) is 43.0 Å². The van der Waals surface area contributed by atoms with Crippen LogP contribution in [0.3, 0.4) is 0 Å². The molecule has 2 aromatic rings. The largest absolute Gasteiger partial charge is 0.476 e. The van der Waals surface area contributed by atoms with Gasteiger partial charge in [-0.2, -0.15) is 4.98 Å². The van der Waals surface area contributed by atoms with Crippen molar-refractivity contribution in [1.29, 1.82) is 0 Å². The fourth-order valence-corrected chi connectivity index (χ4v) is 2.02. The number of quaternary nitrogens is 1. The van der Waals surface area contributed by atoms with Gasteiger partial charge < -0.3 is 14.2 Å². The van der Waals surface area contributed by atoms with Crippen molar-refractivity contribution in [3.63, 3.8) is 0 Å². The van der Waals surface area contributed by atoms with Gasteiger partial charge in [-0.25, -0.2) is 4.98 Å². The van der Waals surface area contributed by atoms with Gasteiger partial charge in [0.15, 0.2) is 0 Å². The molecule has 5 nitrogen and oxygen atoms in total. The van der Waals surface area contributed by atoms with Crippen LogP contribution in [0.15, 0.2) is 12.5 Å². The summed E-state index contributed by atoms with van der Waals surface area (Å²) in [6, 6.07) is 0. The highest BCUT2D eigenvalue weighted by atomic mass is 16.5. The van der Waals surface area contributed by atoms with Gasteiger partial charge in [0.05, 0.1) is 33.3 Å². The second kappa shape index (κ2) is 5.57. The Morgan fingerprint density at radius 3 is 2.74 bits per heavy atom. The summed E-state index contributed by atoms with van der Waals surface area (Å²) < 4.78 is 6.58. The Hall–Kier alpha value is -1.62. The number of nitrogens with zero attached hydrogens (tertiary/aromatic N) is 3. The van der Waals surface area contributed by atoms with E-state index in [0.717, 1.165) is 34.9 Å². The monoisotopic (exact) mass is 263 g/mol. The predicted octanol–water partition coefficient (Wildman–Crippen LogP) is 2.34. The van der Waals surface area contributed by atoms with Crippen molar-refractivity contribution >= 4 is 11.0 Å². The molecular formula is C14H23N4O+. The molecule has 0 saturated heterocycles. The Bertz CT molecular complexity index is 542. The van der Waals surface area contributed by atoms with E-state index < -0.39 is 0 Å². The number of hydrogen-bond donors (Lipinski definition) is 1. The van der Waals surface area contributed by atoms with Crippen LogP contribution in [0.4, 0.5) is 0 Å². The lowest BCUT2D eigenvalue weighted by Crippen LogP contribution is -2.33. The number of aromatic amines is 1. The van der Waals surface area contributed by atoms with Crippen molar-refractivity contribution in [3.05, 3.63) is 18.1 Å². The number of fused-ring (bicyclic) bond motifs is 1. The second-order valence-corrected chi connectivity index (χ2v) is 5.87. The van der Waals surface area contributed by atoms with Gasteiger partial charge in [-0.3, -0.25) is 0 Å². The summed E-state index contributed by atoms with van der Waals surface area (Å²) in [6.07, 6.45) is 5.75. The predicted molar refractivity (Wildman–Crippen MR) is 76.0 cm³/mol. The van der Waals surface area contributed by atoms with E-state index in [1.54, 1.807) is 6.33 Å². The molecule has 1 N–H and O–H groups in total. The first-order valence-electron chi connectivity index (χ1n) is 6.75. The molecule has 0 aliphatic heterocycles. The number of aromatic nitrogens is 3. The van der Waals surface area contributed by atoms with Crippen LogP contribution in [0, 0.1) is 0 Å². The summed E-state index contributed by atoms with van der Waals surface area (Å²) in [5.41, 5.74) is 3.07. The van der Waals surface area contributed by atoms with Gasteiger partial charge in [-0.15, -0.1) is 0 Å². The number of hydrogen-bond acceptors (Lipinski definition) is 3. The Labute approximate surface area is 114 Å². The molecule has 0 aliphatic carbocycles. The van der Waals surface area contributed by atoms with Crippen LogP contribution in [-0.2, 0) is 6.54 Å². The average Bonchev–Trinajstić information content (AvgIpc) is 2.72. The van der Waals surface area contributed by atoms with Crippen LogP contribution in [0.25, 0.3) is 11.0 Å². The van der Waals surface area contributed by atoms with Gasteiger partial charge in [0.25, 0.3) is 0 Å². The Morgan fingerprint density at radius 2 is 2.05 bits per heavy atom. The van der Waals surface area contributed by atoms with E-state index >= 15 is 0 Å². The first-order chi connectivity index (χ1) is 9.01. The lowest BCUT2D eigenvalue weighted by atomic mass is 10.2. The second-order valence-electron chi connectivity index (χ2n) is 5.87. The first kappa shape index (κ1) is 13.8. The Morgan fingerprint density at radius 1 is 1.26 bits per heavy atom. The van der Waals surface area contributed by atoms with Crippen molar-refractivity contribution in [1.82, 2.24) is 15.0 Å². The standard InChI is InChI=1S/C14H23N4O/c1-5-6-7-19-14-13-12(16-10-17-14)11(8-15-13)9-18(2,3)4/h8,10,15H,5-7,9H2,1-4H3/q+1. The molecule has 0 atom stereocenters. The highest BCUT2D eigenvalue weighted by Gasteiger charge is 2.16. The van der Waals surface area contributed by atoms with E-state index in [0.29, 0.717) is 12.5 Å². The molecule has 0 spiro atoms. The zero-order valence-corrected chi connectivity index (χ0v) is 12.2. The average molecular weight is 263 g/mol. The third-order valence-electron chi connectivity index (χ3n) is 2.89. The van der Waals surface area contributed by atoms with E-state index in [-0.39, 0.29) is 0 Å². The maximum Gasteiger partial charge on any atom is 0.241 e. The van der Waals surface area contributed by atoms with Crippen LogP contribution in [0.5, 0.6) is 5.88 Å². The third-order valence-corrected chi connectivity index (χ3v) is 2.89. The molecule has 5 heteroatoms. The van der Waals surface area contributed by atoms with E-state index in [4.69, 9.17) is 4.74 Å². The minimum atomic E-state index is 0.658. The van der Waals surface area contributed by atoms with Crippen molar-refractivity contribution in [2.75, 3.05) is 27.7 Å². The molecule has 0 fully saturated rings. The SMILES string of the molecule is CCCCOc1ncnc2c(C[N+](C)(C)C)c[nH]c12. The highest BCUT2D eigenvalue weighted by Crippen LogP contribution is 2.24. The molecule has 0 aromatic carbocycles. The maximum absolute atomic E-state index is 5.72. The number of rotatable bonds is 6. The zero-order valence-electron chi connectivity index (χ0n) is 12.2. The fourth-order valence-electron chi connectivity index (χ4n) is 2.02. The van der Waals surface area contributed by atoms with Gasteiger partial charge in [0.2, 0.25) is 5.88 Å². The minimum Gasteiger partial charge on any atom is -0.476 e. The minimum absolute atomic E-state index is 0.658. The summed E-state index contributed by atoms with van der Waals surface area (Å²) in [7, 11) is 6.50. The third kappa shape index (κ3) is 3.44. The van der Waals surface area contributed by atoms with Crippen molar-refractivity contribution in [2.24, 2.45) is 0 Å². The van der Waals surface area contributed by atoms with Crippen LogP contribution >= 0.6 is 0 Å². The molecule has 0 unspecified atom stereocenters. The van der Waals surface area contributed by atoms with Crippen LogP contribution in [0.1, 0.15) is 25.3 Å². The molecule has 2 heterocycles. The number of ether oxygens (including phenoxy) is 1. The Balaban J connectivity index is 2.26. The molecule has 19 heavy (non-hydrogen) atoms. The van der Waals surface area contributed by atoms with Crippen LogP contribution < -0.4 is 4.74 Å². The summed E-state index contributed by atoms with van der Waals surface area (Å²) in [5, 5.41) is 0. The molecular weight excluding hydrogens is 240 g/mol. The molecule has 0 bridgehead atoms. The molecule has 0 radical (unpaired) electrons. The van der Waals surface area contributed by atoms with Crippen molar-refractivity contribution in [3.8, 4) is 5.88 Å². The number of unbranched alkanes of at least 4 members (excludes halogenated alkanes) is 1. The molecule has 104 valence electrons. The van der Waals surface area contributed by atoms with E-state index in [1.807, 2.05) is 6.20 Å². The van der Waals surface area contributed by atoms with E-state index in [9.17, 15) is 0 Å². The zero-order chi connectivity index (χ0) is 13.9. The van der Waals surface area contributed by atoms with Crippen molar-refractivity contribution in [2.45, 2.75) is 26.3 Å². The van der Waals surface area contributed by atoms with Crippen LogP contribution in [0.2, 0.25) is 0 Å². The van der Waals surface area contributed by atoms with Gasteiger partial charge >= 0.3 is 0 Å². The smallest absolute Gasteiger partial charge is 0.241 e. The van der Waals surface area contributed by atoms with Gasteiger partial charge in [0, 0.05) is 6.20 Å². The quantitative estimate of drug-likeness (QED) is 0.643. The van der Waals surface area contributed by atoms with Crippen molar-refractivity contribution < 1.29 is 9.22 Å². The summed E-state index contributed by atoms with van der Waals surface area (Å²) in [6.45, 7) is 3.77. The Kier molecular flexibility index (Phi) is 4.04. The normalized spacial score (nSPS) is 12.0. The van der Waals surface area contributed by atoms with Gasteiger partial charge in [-0.1, -0.05) is 13.3 Å². The van der Waals surface area contributed by atoms with E-state index in [1.165, 1.54) is 5.56 Å². The fraction of sp³-hybridized carbons (Fsp3) is 0.571. The van der Waals surface area contributed by atoms with Gasteiger partial charge in [0.1, 0.15) is 23.9 Å². The lowest BCUT2D eigenvalue weighted by molar-refractivity contribution is -0.883. The maximum atomic E-state index is 5.72. The summed E-state index contributed by atoms with van der Waals surface area (Å²) >= 11 is 0. The lowest BCUT2D eigenvalue weighted by Gasteiger charge is -2.23. The molecule has 2 rings (SSSR count). The highest BCUT2D eigenvalue weighted by molar-refractivity contribution is 5.82. The van der Waals surface area contributed by atoms with Gasteiger partial charge in [-0.05, 0) is 6.42 Å². The first-order valence-corrected chi connectivity index (χ1v) is 6.75. The number of H-pyrrole nitrogens is 1. The molecule has 2 aromatic heterocycles. The molecule has 0 amide bonds. The topological polar surface area (TPSA) is 50.8 Å². The molecule has 0 saturated carbocycles. The summed E-state index contributed by atoms with van der Waals surface area (Å²) in [4.78, 5) is 11.8.